The van der Waals surface area contributed by atoms with Gasteiger partial charge in [-0.15, -0.1) is 0 Å². The molecule has 0 aliphatic heterocycles. The Kier molecular flexibility index (Phi) is 3.88. The van der Waals surface area contributed by atoms with Gasteiger partial charge in [0.25, 0.3) is 0 Å². The van der Waals surface area contributed by atoms with Crippen LogP contribution in [0.1, 0.15) is 19.4 Å². The zero-order chi connectivity index (χ0) is 12.3. The quantitative estimate of drug-likeness (QED) is 0.858. The van der Waals surface area contributed by atoms with E-state index in [0.717, 1.165) is 5.56 Å². The fourth-order valence-corrected chi connectivity index (χ4v) is 1.31. The summed E-state index contributed by atoms with van der Waals surface area (Å²) in [4.78, 5) is 10.9. The van der Waals surface area contributed by atoms with E-state index in [2.05, 4.69) is 0 Å². The van der Waals surface area contributed by atoms with Gasteiger partial charge in [0.05, 0.1) is 0 Å². The summed E-state index contributed by atoms with van der Waals surface area (Å²) in [7, 11) is 0. The van der Waals surface area contributed by atoms with Crippen LogP contribution in [0.15, 0.2) is 18.2 Å². The third-order valence-corrected chi connectivity index (χ3v) is 2.19. The summed E-state index contributed by atoms with van der Waals surface area (Å²) in [5, 5.41) is 8.92. The van der Waals surface area contributed by atoms with Gasteiger partial charge in [-0.2, -0.15) is 0 Å². The van der Waals surface area contributed by atoms with Gasteiger partial charge >= 0.3 is 5.97 Å². The Morgan fingerprint density at radius 2 is 2.06 bits per heavy atom. The third-order valence-electron chi connectivity index (χ3n) is 2.19. The van der Waals surface area contributed by atoms with Crippen molar-refractivity contribution in [3.05, 3.63) is 29.6 Å². The van der Waals surface area contributed by atoms with Crippen molar-refractivity contribution in [3.8, 4) is 5.75 Å². The highest BCUT2D eigenvalue weighted by Crippen LogP contribution is 2.21. The Labute approximate surface area is 93.9 Å². The van der Waals surface area contributed by atoms with E-state index in [0.29, 0.717) is 0 Å². The van der Waals surface area contributed by atoms with E-state index in [-0.39, 0.29) is 11.7 Å². The van der Waals surface area contributed by atoms with E-state index in [1.54, 1.807) is 26.8 Å². The fraction of sp³-hybridized carbons (Fsp3) is 0.417. The molecule has 3 nitrogen and oxygen atoms in total. The van der Waals surface area contributed by atoms with Gasteiger partial charge in [0.1, 0.15) is 0 Å². The lowest BCUT2D eigenvalue weighted by Gasteiger charge is -2.18. The summed E-state index contributed by atoms with van der Waals surface area (Å²) in [6.07, 6.45) is -1.03. The molecule has 1 aromatic rings. The summed E-state index contributed by atoms with van der Waals surface area (Å²) < 4.78 is 18.5. The van der Waals surface area contributed by atoms with Crippen molar-refractivity contribution in [1.29, 1.82) is 0 Å². The van der Waals surface area contributed by atoms with Gasteiger partial charge in [0, 0.05) is 5.92 Å². The minimum absolute atomic E-state index is 0.0129. The molecule has 0 saturated heterocycles. The van der Waals surface area contributed by atoms with Crippen molar-refractivity contribution >= 4 is 5.97 Å². The average molecular weight is 226 g/mol. The second-order valence-corrected chi connectivity index (χ2v) is 4.05. The normalized spacial score (nSPS) is 12.6. The maximum absolute atomic E-state index is 13.3. The van der Waals surface area contributed by atoms with Gasteiger partial charge in [-0.05, 0) is 24.6 Å². The van der Waals surface area contributed by atoms with Gasteiger partial charge in [-0.25, -0.2) is 9.18 Å². The lowest BCUT2D eigenvalue weighted by atomic mass is 10.1. The number of hydrogen-bond donors (Lipinski definition) is 1. The number of aryl methyl sites for hydroxylation is 1. The van der Waals surface area contributed by atoms with Gasteiger partial charge in [0.15, 0.2) is 17.7 Å². The van der Waals surface area contributed by atoms with Crippen LogP contribution in [0.4, 0.5) is 4.39 Å². The van der Waals surface area contributed by atoms with Crippen LogP contribution in [-0.4, -0.2) is 17.2 Å². The number of carboxylic acids is 1. The summed E-state index contributed by atoms with van der Waals surface area (Å²) in [6, 6.07) is 4.37. The first-order chi connectivity index (χ1) is 7.41. The first-order valence-electron chi connectivity index (χ1n) is 5.07. The van der Waals surface area contributed by atoms with Crippen LogP contribution < -0.4 is 4.74 Å². The number of aliphatic carboxylic acids is 1. The Hall–Kier alpha value is -1.58. The van der Waals surface area contributed by atoms with Gasteiger partial charge in [-0.1, -0.05) is 19.9 Å². The summed E-state index contributed by atoms with van der Waals surface area (Å²) in [6.45, 7) is 5.22. The molecule has 0 fully saturated rings. The van der Waals surface area contributed by atoms with Crippen molar-refractivity contribution in [3.63, 3.8) is 0 Å². The molecule has 0 bridgehead atoms. The van der Waals surface area contributed by atoms with Crippen LogP contribution >= 0.6 is 0 Å². The van der Waals surface area contributed by atoms with Crippen molar-refractivity contribution in [1.82, 2.24) is 0 Å². The van der Waals surface area contributed by atoms with E-state index in [1.807, 2.05) is 0 Å². The largest absolute Gasteiger partial charge is 0.478 e. The number of halogens is 1. The predicted octanol–water partition coefficient (Wildman–Crippen LogP) is 2.62. The molecule has 0 spiro atoms. The molecule has 1 aromatic carbocycles. The molecule has 0 aliphatic carbocycles. The molecule has 0 heterocycles. The lowest BCUT2D eigenvalue weighted by molar-refractivity contribution is -0.147. The van der Waals surface area contributed by atoms with Crippen LogP contribution in [0.2, 0.25) is 0 Å². The second-order valence-electron chi connectivity index (χ2n) is 4.05. The van der Waals surface area contributed by atoms with Crippen molar-refractivity contribution in [2.45, 2.75) is 26.9 Å². The third kappa shape index (κ3) is 2.95. The molecule has 1 rings (SSSR count). The highest BCUT2D eigenvalue weighted by molar-refractivity contribution is 5.73. The number of carbonyl (C=O) groups is 1. The van der Waals surface area contributed by atoms with Gasteiger partial charge < -0.3 is 9.84 Å². The monoisotopic (exact) mass is 226 g/mol. The summed E-state index contributed by atoms with van der Waals surface area (Å²) in [5.74, 6) is -1.87. The molecule has 16 heavy (non-hydrogen) atoms. The topological polar surface area (TPSA) is 46.5 Å². The van der Waals surface area contributed by atoms with Crippen molar-refractivity contribution < 1.29 is 19.0 Å². The summed E-state index contributed by atoms with van der Waals surface area (Å²) in [5.41, 5.74) is 0.823. The van der Waals surface area contributed by atoms with Crippen molar-refractivity contribution in [2.75, 3.05) is 0 Å². The average Bonchev–Trinajstić information content (AvgIpc) is 2.18. The van der Waals surface area contributed by atoms with Crippen molar-refractivity contribution in [2.24, 2.45) is 5.92 Å². The zero-order valence-corrected chi connectivity index (χ0v) is 9.53. The molecule has 0 aliphatic rings. The highest BCUT2D eigenvalue weighted by atomic mass is 19.1. The molecule has 0 aromatic heterocycles. The van der Waals surface area contributed by atoms with E-state index < -0.39 is 17.9 Å². The SMILES string of the molecule is Cc1ccc(F)c(OC(C(=O)O)C(C)C)c1. The molecule has 1 atom stereocenters. The molecule has 88 valence electrons. The molecular formula is C12H15FO3. The Morgan fingerprint density at radius 3 is 2.56 bits per heavy atom. The predicted molar refractivity (Wildman–Crippen MR) is 58.0 cm³/mol. The minimum atomic E-state index is -1.09. The minimum Gasteiger partial charge on any atom is -0.478 e. The Bertz CT molecular complexity index is 388. The molecule has 0 saturated carbocycles. The van der Waals surface area contributed by atoms with Crippen LogP contribution in [0.5, 0.6) is 5.75 Å². The smallest absolute Gasteiger partial charge is 0.345 e. The fourth-order valence-electron chi connectivity index (χ4n) is 1.31. The second kappa shape index (κ2) is 4.96. The lowest BCUT2D eigenvalue weighted by Crippen LogP contribution is -2.32. The Balaban J connectivity index is 2.93. The van der Waals surface area contributed by atoms with Crippen LogP contribution in [-0.2, 0) is 4.79 Å². The number of benzene rings is 1. The van der Waals surface area contributed by atoms with Crippen LogP contribution in [0.25, 0.3) is 0 Å². The summed E-state index contributed by atoms with van der Waals surface area (Å²) >= 11 is 0. The molecule has 1 unspecified atom stereocenters. The van der Waals surface area contributed by atoms with Crippen LogP contribution in [0, 0.1) is 18.7 Å². The van der Waals surface area contributed by atoms with E-state index in [4.69, 9.17) is 9.84 Å². The van der Waals surface area contributed by atoms with E-state index in [1.165, 1.54) is 12.1 Å². The first kappa shape index (κ1) is 12.5. The molecule has 4 heteroatoms. The number of carboxylic acid groups (broad SMARTS) is 1. The Morgan fingerprint density at radius 1 is 1.44 bits per heavy atom. The standard InChI is InChI=1S/C12H15FO3/c1-7(2)11(12(14)15)16-10-6-8(3)4-5-9(10)13/h4-7,11H,1-3H3,(H,14,15). The number of ether oxygens (including phenoxy) is 1. The molecule has 0 radical (unpaired) electrons. The van der Waals surface area contributed by atoms with Gasteiger partial charge in [-0.3, -0.25) is 0 Å². The maximum Gasteiger partial charge on any atom is 0.345 e. The zero-order valence-electron chi connectivity index (χ0n) is 9.53. The van der Waals surface area contributed by atoms with E-state index >= 15 is 0 Å². The first-order valence-corrected chi connectivity index (χ1v) is 5.07. The molecule has 1 N–H and O–H groups in total. The number of hydrogen-bond acceptors (Lipinski definition) is 2. The van der Waals surface area contributed by atoms with E-state index in [9.17, 15) is 9.18 Å². The van der Waals surface area contributed by atoms with Gasteiger partial charge in [0.2, 0.25) is 0 Å². The maximum atomic E-state index is 13.3. The molecule has 0 amide bonds. The highest BCUT2D eigenvalue weighted by Gasteiger charge is 2.24. The number of rotatable bonds is 4. The van der Waals surface area contributed by atoms with Crippen LogP contribution in [0.3, 0.4) is 0 Å². The molecular weight excluding hydrogens is 211 g/mol.